The molecule has 1 fully saturated rings. The summed E-state index contributed by atoms with van der Waals surface area (Å²) in [7, 11) is 1.67. The van der Waals surface area contributed by atoms with E-state index in [-0.39, 0.29) is 0 Å². The second-order valence-electron chi connectivity index (χ2n) is 4.20. The third-order valence-corrected chi connectivity index (χ3v) is 3.33. The molecule has 0 radical (unpaired) electrons. The molecule has 1 aliphatic rings. The van der Waals surface area contributed by atoms with Crippen molar-refractivity contribution in [3.63, 3.8) is 0 Å². The van der Waals surface area contributed by atoms with Gasteiger partial charge in [0.1, 0.15) is 0 Å². The highest BCUT2D eigenvalue weighted by atomic mass is 16.5. The minimum atomic E-state index is -0.912. The van der Waals surface area contributed by atoms with E-state index in [1.165, 1.54) is 0 Å². The van der Waals surface area contributed by atoms with Gasteiger partial charge in [0.25, 0.3) is 0 Å². The highest BCUT2D eigenvalue weighted by molar-refractivity contribution is 5.87. The molecule has 2 rings (SSSR count). The highest BCUT2D eigenvalue weighted by Crippen LogP contribution is 2.35. The van der Waals surface area contributed by atoms with Crippen LogP contribution in [-0.2, 0) is 15.1 Å². The number of carboxylic acid groups (broad SMARTS) is 1. The predicted octanol–water partition coefficient (Wildman–Crippen LogP) is 2.04. The van der Waals surface area contributed by atoms with E-state index in [1.807, 2.05) is 6.07 Å². The number of methoxy groups -OCH3 is 1. The summed E-state index contributed by atoms with van der Waals surface area (Å²) in [6.45, 7) is 1.29. The van der Waals surface area contributed by atoms with Gasteiger partial charge in [-0.2, -0.15) is 0 Å². The second-order valence-corrected chi connectivity index (χ2v) is 4.20. The van der Waals surface area contributed by atoms with E-state index < -0.39 is 11.6 Å². The maximum Gasteiger partial charge on any atom is 0.335 e. The van der Waals surface area contributed by atoms with Crippen LogP contribution >= 0.6 is 0 Å². The van der Waals surface area contributed by atoms with Gasteiger partial charge in [-0.25, -0.2) is 4.79 Å². The molecule has 0 aromatic heterocycles. The summed E-state index contributed by atoms with van der Waals surface area (Å²) in [6.07, 6.45) is 1.51. The monoisotopic (exact) mass is 236 g/mol. The Morgan fingerprint density at radius 1 is 1.41 bits per heavy atom. The summed E-state index contributed by atoms with van der Waals surface area (Å²) in [6, 6.07) is 6.96. The fourth-order valence-electron chi connectivity index (χ4n) is 2.25. The molecule has 4 heteroatoms. The Bertz CT molecular complexity index is 408. The zero-order valence-electron chi connectivity index (χ0n) is 9.81. The first kappa shape index (κ1) is 12.1. The lowest BCUT2D eigenvalue weighted by atomic mass is 9.85. The largest absolute Gasteiger partial charge is 0.478 e. The van der Waals surface area contributed by atoms with Crippen molar-refractivity contribution in [2.75, 3.05) is 20.3 Å². The fraction of sp³-hybridized carbons (Fsp3) is 0.462. The Morgan fingerprint density at radius 3 is 2.71 bits per heavy atom. The number of carboxylic acids is 1. The van der Waals surface area contributed by atoms with Crippen LogP contribution in [0, 0.1) is 0 Å². The molecule has 0 atom stereocenters. The van der Waals surface area contributed by atoms with E-state index in [2.05, 4.69) is 0 Å². The lowest BCUT2D eigenvalue weighted by molar-refractivity contribution is -0.0948. The molecule has 0 spiro atoms. The minimum Gasteiger partial charge on any atom is -0.478 e. The standard InChI is InChI=1S/C13H16O4/c1-16-13(5-7-17-8-6-13)11-4-2-3-10(9-11)12(14)15/h2-4,9H,5-8H2,1H3,(H,14,15). The number of ether oxygens (including phenoxy) is 2. The molecule has 1 aromatic rings. The van der Waals surface area contributed by atoms with Crippen LogP contribution in [0.25, 0.3) is 0 Å². The third-order valence-electron chi connectivity index (χ3n) is 3.33. The second kappa shape index (κ2) is 4.85. The van der Waals surface area contributed by atoms with Crippen molar-refractivity contribution in [1.82, 2.24) is 0 Å². The first-order chi connectivity index (χ1) is 8.18. The predicted molar refractivity (Wildman–Crippen MR) is 62.1 cm³/mol. The molecule has 0 unspecified atom stereocenters. The van der Waals surface area contributed by atoms with Crippen LogP contribution in [0.4, 0.5) is 0 Å². The molecule has 1 heterocycles. The molecule has 1 aliphatic heterocycles. The summed E-state index contributed by atoms with van der Waals surface area (Å²) in [5.41, 5.74) is 0.817. The normalized spacial score (nSPS) is 18.9. The van der Waals surface area contributed by atoms with E-state index >= 15 is 0 Å². The molecule has 1 saturated heterocycles. The van der Waals surface area contributed by atoms with Crippen molar-refractivity contribution >= 4 is 5.97 Å². The summed E-state index contributed by atoms with van der Waals surface area (Å²) in [4.78, 5) is 11.0. The van der Waals surface area contributed by atoms with Crippen molar-refractivity contribution < 1.29 is 19.4 Å². The van der Waals surface area contributed by atoms with Gasteiger partial charge in [0.2, 0.25) is 0 Å². The van der Waals surface area contributed by atoms with Crippen LogP contribution < -0.4 is 0 Å². The van der Waals surface area contributed by atoms with E-state index in [4.69, 9.17) is 14.6 Å². The SMILES string of the molecule is COC1(c2cccc(C(=O)O)c2)CCOCC1. The number of carbonyl (C=O) groups is 1. The van der Waals surface area contributed by atoms with Crippen LogP contribution in [0.15, 0.2) is 24.3 Å². The Hall–Kier alpha value is -1.39. The molecule has 92 valence electrons. The third kappa shape index (κ3) is 2.33. The van der Waals surface area contributed by atoms with Crippen molar-refractivity contribution in [3.05, 3.63) is 35.4 Å². The number of hydrogen-bond acceptors (Lipinski definition) is 3. The summed E-state index contributed by atoms with van der Waals surface area (Å²) in [5, 5.41) is 9.00. The maximum absolute atomic E-state index is 11.0. The van der Waals surface area contributed by atoms with Gasteiger partial charge in [-0.1, -0.05) is 12.1 Å². The molecule has 1 aromatic carbocycles. The van der Waals surface area contributed by atoms with Crippen LogP contribution in [0.1, 0.15) is 28.8 Å². The topological polar surface area (TPSA) is 55.8 Å². The van der Waals surface area contributed by atoms with Crippen molar-refractivity contribution in [2.45, 2.75) is 18.4 Å². The maximum atomic E-state index is 11.0. The summed E-state index contributed by atoms with van der Waals surface area (Å²) < 4.78 is 11.0. The van der Waals surface area contributed by atoms with Crippen LogP contribution in [0.3, 0.4) is 0 Å². The zero-order chi connectivity index (χ0) is 12.3. The molecule has 0 amide bonds. The number of benzene rings is 1. The van der Waals surface area contributed by atoms with Gasteiger partial charge < -0.3 is 14.6 Å². The van der Waals surface area contributed by atoms with E-state index in [0.717, 1.165) is 18.4 Å². The van der Waals surface area contributed by atoms with Gasteiger partial charge in [-0.15, -0.1) is 0 Å². The minimum absolute atomic E-state index is 0.297. The van der Waals surface area contributed by atoms with Gasteiger partial charge in [0, 0.05) is 33.2 Å². The fourth-order valence-corrected chi connectivity index (χ4v) is 2.25. The highest BCUT2D eigenvalue weighted by Gasteiger charge is 2.34. The van der Waals surface area contributed by atoms with Crippen molar-refractivity contribution in [2.24, 2.45) is 0 Å². The van der Waals surface area contributed by atoms with Gasteiger partial charge in [-0.3, -0.25) is 0 Å². The molecule has 0 aliphatic carbocycles. The molecule has 1 N–H and O–H groups in total. The van der Waals surface area contributed by atoms with E-state index in [0.29, 0.717) is 18.8 Å². The van der Waals surface area contributed by atoms with E-state index in [9.17, 15) is 4.79 Å². The molecule has 0 bridgehead atoms. The lowest BCUT2D eigenvalue weighted by Gasteiger charge is -2.36. The Balaban J connectivity index is 2.36. The van der Waals surface area contributed by atoms with Crippen LogP contribution in [0.2, 0.25) is 0 Å². The first-order valence-electron chi connectivity index (χ1n) is 5.65. The lowest BCUT2D eigenvalue weighted by Crippen LogP contribution is -2.35. The van der Waals surface area contributed by atoms with Gasteiger partial charge in [0.05, 0.1) is 11.2 Å². The van der Waals surface area contributed by atoms with Crippen LogP contribution in [0.5, 0.6) is 0 Å². The van der Waals surface area contributed by atoms with Crippen LogP contribution in [-0.4, -0.2) is 31.4 Å². The average molecular weight is 236 g/mol. The Labute approximate surface area is 100 Å². The zero-order valence-corrected chi connectivity index (χ0v) is 9.81. The quantitative estimate of drug-likeness (QED) is 0.872. The van der Waals surface area contributed by atoms with Crippen molar-refractivity contribution in [1.29, 1.82) is 0 Å². The first-order valence-corrected chi connectivity index (χ1v) is 5.65. The van der Waals surface area contributed by atoms with Gasteiger partial charge in [0.15, 0.2) is 0 Å². The number of hydrogen-bond donors (Lipinski definition) is 1. The average Bonchev–Trinajstić information content (AvgIpc) is 2.39. The van der Waals surface area contributed by atoms with E-state index in [1.54, 1.807) is 25.3 Å². The smallest absolute Gasteiger partial charge is 0.335 e. The Kier molecular flexibility index (Phi) is 3.45. The Morgan fingerprint density at radius 2 is 2.12 bits per heavy atom. The van der Waals surface area contributed by atoms with Crippen molar-refractivity contribution in [3.8, 4) is 0 Å². The summed E-state index contributed by atoms with van der Waals surface area (Å²) in [5.74, 6) is -0.912. The number of rotatable bonds is 3. The number of aromatic carboxylic acids is 1. The molecule has 4 nitrogen and oxygen atoms in total. The molecular formula is C13H16O4. The molecule has 0 saturated carbocycles. The molecule has 17 heavy (non-hydrogen) atoms. The van der Waals surface area contributed by atoms with Gasteiger partial charge >= 0.3 is 5.97 Å². The summed E-state index contributed by atoms with van der Waals surface area (Å²) >= 11 is 0. The van der Waals surface area contributed by atoms with Gasteiger partial charge in [-0.05, 0) is 17.7 Å². The molecular weight excluding hydrogens is 220 g/mol.